The zero-order valence-corrected chi connectivity index (χ0v) is 14.7. The van der Waals surface area contributed by atoms with Crippen molar-refractivity contribution in [3.8, 4) is 5.75 Å². The molecule has 0 atom stereocenters. The summed E-state index contributed by atoms with van der Waals surface area (Å²) in [6.45, 7) is 0.197. The first-order valence-corrected chi connectivity index (χ1v) is 8.04. The van der Waals surface area contributed by atoms with Crippen LogP contribution < -0.4 is 20.9 Å². The summed E-state index contributed by atoms with van der Waals surface area (Å²) in [6.07, 6.45) is 2.63. The van der Waals surface area contributed by atoms with Crippen LogP contribution in [0.2, 0.25) is 0 Å². The minimum absolute atomic E-state index is 0.0161. The lowest BCUT2D eigenvalue weighted by Crippen LogP contribution is -2.30. The molecule has 3 rings (SSSR count). The Morgan fingerprint density at radius 1 is 1.21 bits per heavy atom. The summed E-state index contributed by atoms with van der Waals surface area (Å²) in [7, 11) is 1.52. The fourth-order valence-electron chi connectivity index (χ4n) is 2.29. The number of ether oxygens (including phenoxy) is 1. The Morgan fingerprint density at radius 3 is 2.61 bits per heavy atom. The molecule has 0 spiro atoms. The maximum Gasteiger partial charge on any atom is 0.354 e. The molecule has 0 bridgehead atoms. The van der Waals surface area contributed by atoms with E-state index in [1.165, 1.54) is 13.4 Å². The van der Waals surface area contributed by atoms with Gasteiger partial charge in [-0.15, -0.1) is 0 Å². The van der Waals surface area contributed by atoms with Crippen molar-refractivity contribution in [3.05, 3.63) is 70.4 Å². The van der Waals surface area contributed by atoms with Crippen LogP contribution >= 0.6 is 0 Å². The molecule has 0 fully saturated rings. The van der Waals surface area contributed by atoms with Gasteiger partial charge in [-0.3, -0.25) is 25.8 Å². The van der Waals surface area contributed by atoms with Crippen LogP contribution in [0.4, 0.5) is 17.3 Å². The number of methoxy groups -OCH3 is 1. The number of amides is 1. The summed E-state index contributed by atoms with van der Waals surface area (Å²) in [5, 5.41) is 14.3. The Kier molecular flexibility index (Phi) is 5.65. The Balaban J connectivity index is 1.72. The van der Waals surface area contributed by atoms with Crippen molar-refractivity contribution < 1.29 is 18.9 Å². The number of furan rings is 1. The van der Waals surface area contributed by atoms with Gasteiger partial charge in [0.1, 0.15) is 17.8 Å². The molecule has 0 unspecified atom stereocenters. The normalized spacial score (nSPS) is 10.2. The van der Waals surface area contributed by atoms with Crippen molar-refractivity contribution in [2.24, 2.45) is 0 Å². The number of nitrogens with zero attached hydrogens (tertiary/aromatic N) is 3. The van der Waals surface area contributed by atoms with Crippen LogP contribution in [0.3, 0.4) is 0 Å². The SMILES string of the molecule is COc1ccc(C(=O)NNc2ncnc(NCc3ccco3)c2[N+](=O)[O-])cc1. The van der Waals surface area contributed by atoms with Crippen LogP contribution in [0, 0.1) is 10.1 Å². The van der Waals surface area contributed by atoms with Gasteiger partial charge in [-0.1, -0.05) is 0 Å². The van der Waals surface area contributed by atoms with E-state index in [1.54, 1.807) is 36.4 Å². The minimum Gasteiger partial charge on any atom is -0.497 e. The summed E-state index contributed by atoms with van der Waals surface area (Å²) in [5.41, 5.74) is 4.76. The molecule has 0 aliphatic heterocycles. The summed E-state index contributed by atoms with van der Waals surface area (Å²) in [4.78, 5) is 30.8. The van der Waals surface area contributed by atoms with Crippen molar-refractivity contribution in [2.45, 2.75) is 6.54 Å². The molecule has 0 radical (unpaired) electrons. The predicted octanol–water partition coefficient (Wildman–Crippen LogP) is 2.36. The lowest BCUT2D eigenvalue weighted by Gasteiger charge is -2.10. The molecule has 2 aromatic heterocycles. The van der Waals surface area contributed by atoms with Gasteiger partial charge in [-0.2, -0.15) is 0 Å². The highest BCUT2D eigenvalue weighted by Crippen LogP contribution is 2.28. The van der Waals surface area contributed by atoms with E-state index in [2.05, 4.69) is 26.1 Å². The van der Waals surface area contributed by atoms with Crippen molar-refractivity contribution in [1.29, 1.82) is 0 Å². The predicted molar refractivity (Wildman–Crippen MR) is 98.8 cm³/mol. The van der Waals surface area contributed by atoms with Crippen molar-refractivity contribution in [1.82, 2.24) is 15.4 Å². The van der Waals surface area contributed by atoms with Crippen LogP contribution in [-0.4, -0.2) is 27.9 Å². The van der Waals surface area contributed by atoms with Crippen molar-refractivity contribution in [3.63, 3.8) is 0 Å². The minimum atomic E-state index is -0.646. The van der Waals surface area contributed by atoms with Gasteiger partial charge in [0.05, 0.1) is 24.8 Å². The molecule has 0 saturated carbocycles. The highest BCUT2D eigenvalue weighted by molar-refractivity contribution is 5.95. The Labute approximate surface area is 158 Å². The highest BCUT2D eigenvalue weighted by atomic mass is 16.6. The molecule has 0 aliphatic rings. The van der Waals surface area contributed by atoms with E-state index in [0.717, 1.165) is 6.33 Å². The van der Waals surface area contributed by atoms with Gasteiger partial charge in [0.2, 0.25) is 11.6 Å². The molecule has 1 aromatic carbocycles. The van der Waals surface area contributed by atoms with Gasteiger partial charge in [0.25, 0.3) is 5.91 Å². The molecule has 11 heteroatoms. The maximum atomic E-state index is 12.2. The third-order valence-corrected chi connectivity index (χ3v) is 3.66. The van der Waals surface area contributed by atoms with Gasteiger partial charge in [0.15, 0.2) is 0 Å². The lowest BCUT2D eigenvalue weighted by atomic mass is 10.2. The standard InChI is InChI=1S/C17H16N6O5/c1-27-12-6-4-11(5-7-12)17(24)22-21-16-14(23(25)26)15(19-10-20-16)18-9-13-3-2-8-28-13/h2-8,10H,9H2,1H3,(H,22,24)(H2,18,19,20,21). The first-order valence-electron chi connectivity index (χ1n) is 8.04. The molecule has 0 saturated heterocycles. The Bertz CT molecular complexity index is 959. The smallest absolute Gasteiger partial charge is 0.354 e. The topological polar surface area (TPSA) is 144 Å². The summed E-state index contributed by atoms with van der Waals surface area (Å²) < 4.78 is 10.2. The van der Waals surface area contributed by atoms with Crippen molar-refractivity contribution in [2.75, 3.05) is 17.9 Å². The first-order chi connectivity index (χ1) is 13.6. The number of carbonyl (C=O) groups is 1. The molecule has 2 heterocycles. The molecule has 3 aromatic rings. The van der Waals surface area contributed by atoms with E-state index in [0.29, 0.717) is 17.1 Å². The number of anilines is 2. The van der Waals surface area contributed by atoms with E-state index in [9.17, 15) is 14.9 Å². The Hall–Kier alpha value is -4.15. The Morgan fingerprint density at radius 2 is 1.96 bits per heavy atom. The number of nitrogens with one attached hydrogen (secondary N) is 3. The molecular weight excluding hydrogens is 368 g/mol. The van der Waals surface area contributed by atoms with E-state index >= 15 is 0 Å². The van der Waals surface area contributed by atoms with Crippen LogP contribution in [0.25, 0.3) is 0 Å². The van der Waals surface area contributed by atoms with E-state index < -0.39 is 16.5 Å². The number of nitro groups is 1. The molecule has 1 amide bonds. The van der Waals surface area contributed by atoms with Crippen LogP contribution in [0.1, 0.15) is 16.1 Å². The fraction of sp³-hybridized carbons (Fsp3) is 0.118. The van der Waals surface area contributed by atoms with Gasteiger partial charge in [-0.25, -0.2) is 9.97 Å². The second-order valence-electron chi connectivity index (χ2n) is 5.42. The maximum absolute atomic E-state index is 12.2. The summed E-state index contributed by atoms with van der Waals surface area (Å²) in [6, 6.07) is 9.78. The summed E-state index contributed by atoms with van der Waals surface area (Å²) >= 11 is 0. The van der Waals surface area contributed by atoms with Gasteiger partial charge in [-0.05, 0) is 36.4 Å². The fourth-order valence-corrected chi connectivity index (χ4v) is 2.29. The third-order valence-electron chi connectivity index (χ3n) is 3.66. The van der Waals surface area contributed by atoms with Crippen LogP contribution in [-0.2, 0) is 6.54 Å². The number of benzene rings is 1. The highest BCUT2D eigenvalue weighted by Gasteiger charge is 2.23. The largest absolute Gasteiger partial charge is 0.497 e. The third kappa shape index (κ3) is 4.33. The molecule has 3 N–H and O–H groups in total. The van der Waals surface area contributed by atoms with E-state index in [-0.39, 0.29) is 18.2 Å². The first kappa shape index (κ1) is 18.6. The monoisotopic (exact) mass is 384 g/mol. The van der Waals surface area contributed by atoms with Gasteiger partial charge < -0.3 is 14.5 Å². The van der Waals surface area contributed by atoms with E-state index in [4.69, 9.17) is 9.15 Å². The number of hydrazine groups is 1. The van der Waals surface area contributed by atoms with Crippen LogP contribution in [0.15, 0.2) is 53.4 Å². The number of rotatable bonds is 8. The molecule has 11 nitrogen and oxygen atoms in total. The lowest BCUT2D eigenvalue weighted by molar-refractivity contribution is -0.383. The molecular formula is C17H16N6O5. The number of hydrogen-bond acceptors (Lipinski definition) is 9. The zero-order chi connectivity index (χ0) is 19.9. The summed E-state index contributed by atoms with van der Waals surface area (Å²) in [5.74, 6) is 0.500. The molecule has 144 valence electrons. The average Bonchev–Trinajstić information content (AvgIpc) is 3.24. The second-order valence-corrected chi connectivity index (χ2v) is 5.42. The van der Waals surface area contributed by atoms with Gasteiger partial charge >= 0.3 is 5.69 Å². The molecule has 0 aliphatic carbocycles. The number of hydrogen-bond donors (Lipinski definition) is 3. The van der Waals surface area contributed by atoms with Crippen LogP contribution in [0.5, 0.6) is 5.75 Å². The number of aromatic nitrogens is 2. The quantitative estimate of drug-likeness (QED) is 0.393. The van der Waals surface area contributed by atoms with Gasteiger partial charge in [0, 0.05) is 5.56 Å². The zero-order valence-electron chi connectivity index (χ0n) is 14.7. The van der Waals surface area contributed by atoms with E-state index in [1.807, 2.05) is 0 Å². The average molecular weight is 384 g/mol. The van der Waals surface area contributed by atoms with Crippen molar-refractivity contribution >= 4 is 23.2 Å². The number of carbonyl (C=O) groups excluding carboxylic acids is 1. The second kappa shape index (κ2) is 8.49. The molecule has 28 heavy (non-hydrogen) atoms.